The van der Waals surface area contributed by atoms with Gasteiger partial charge in [-0.05, 0) is 221 Å². The van der Waals surface area contributed by atoms with Crippen LogP contribution in [0.2, 0.25) is 0 Å². The number of fused-ring (bicyclic) bond motifs is 15. The summed E-state index contributed by atoms with van der Waals surface area (Å²) in [7, 11) is 4.36. The van der Waals surface area contributed by atoms with Gasteiger partial charge in [0, 0.05) is 161 Å². The molecule has 1 N–H and O–H groups in total. The Morgan fingerprint density at radius 1 is 0.491 bits per heavy atom. The second-order valence-corrected chi connectivity index (χ2v) is 31.5. The maximum Gasteiger partial charge on any atom is 0.161 e. The van der Waals surface area contributed by atoms with Crippen LogP contribution in [0.25, 0.3) is 85.0 Å². The zero-order chi connectivity index (χ0) is 73.3. The SMILES string of the molecule is CC1CCN(C[C@@H]2CCN(c3ccc4c(n3)Cn3cc(-c5ccc(C#N)cc5)cc3-c3nccn3-4)C2)CC1.C[C@@H]1CN(c2ccc3c(c2)Cn2cc(-c4ccc(C#N)cc4)cc2-c2nccn2-3)C[C@@H]1N(C)C.O[C@@H]1CN(c2ccc3c(c2)Cn2cc(-c4ccc(F)cc4)cc2-c2nccn2-3)C[C@H]1CN1CCCC1. The third kappa shape index (κ3) is 13.4. The molecule has 7 aromatic heterocycles. The molecule has 20 heteroatoms. The number of anilines is 3. The van der Waals surface area contributed by atoms with Gasteiger partial charge in [0.05, 0.1) is 75.8 Å². The van der Waals surface area contributed by atoms with Crippen LogP contribution in [0, 0.1) is 52.2 Å². The van der Waals surface area contributed by atoms with Crippen molar-refractivity contribution >= 4 is 17.2 Å². The van der Waals surface area contributed by atoms with Gasteiger partial charge in [-0.25, -0.2) is 24.3 Å². The average molecular weight is 1440 g/mol. The van der Waals surface area contributed by atoms with Gasteiger partial charge in [-0.3, -0.25) is 13.7 Å². The van der Waals surface area contributed by atoms with Gasteiger partial charge in [0.25, 0.3) is 0 Å². The monoisotopic (exact) mass is 1430 g/mol. The summed E-state index contributed by atoms with van der Waals surface area (Å²) in [5, 5.41) is 29.1. The van der Waals surface area contributed by atoms with Crippen LogP contribution in [-0.4, -0.2) is 172 Å². The minimum Gasteiger partial charge on any atom is -0.391 e. The minimum atomic E-state index is -0.293. The number of likely N-dealkylation sites (tertiary alicyclic amines) is 2. The molecule has 19 nitrogen and oxygen atoms in total. The van der Waals surface area contributed by atoms with E-state index in [-0.39, 0.29) is 17.8 Å². The van der Waals surface area contributed by atoms with Crippen molar-refractivity contribution in [1.29, 1.82) is 10.5 Å². The summed E-state index contributed by atoms with van der Waals surface area (Å²) in [6.07, 6.45) is 24.4. The van der Waals surface area contributed by atoms with E-state index in [0.29, 0.717) is 36.2 Å². The third-order valence-corrected chi connectivity index (χ3v) is 24.1. The highest BCUT2D eigenvalue weighted by Crippen LogP contribution is 2.41. The highest BCUT2D eigenvalue weighted by Gasteiger charge is 2.36. The first-order chi connectivity index (χ1) is 52.8. The molecule has 8 aliphatic heterocycles. The number of rotatable bonds is 11. The number of pyridine rings is 1. The molecule has 0 saturated carbocycles. The van der Waals surface area contributed by atoms with E-state index in [1.165, 1.54) is 86.4 Å². The minimum absolute atomic E-state index is 0.230. The van der Waals surface area contributed by atoms with Crippen molar-refractivity contribution < 1.29 is 9.50 Å². The Bertz CT molecular complexity index is 5350. The summed E-state index contributed by atoms with van der Waals surface area (Å²) in [6, 6.07) is 51.6. The topological polar surface area (TPSA) is 168 Å². The van der Waals surface area contributed by atoms with Crippen LogP contribution in [-0.2, 0) is 19.6 Å². The van der Waals surface area contributed by atoms with Crippen LogP contribution in [0.1, 0.15) is 73.9 Å². The largest absolute Gasteiger partial charge is 0.391 e. The molecular formula is C88H91FN18O. The molecule has 8 aliphatic rings. The first-order valence-corrected chi connectivity index (χ1v) is 38.6. The van der Waals surface area contributed by atoms with Crippen molar-refractivity contribution in [2.24, 2.45) is 23.7 Å². The zero-order valence-corrected chi connectivity index (χ0v) is 62.0. The number of benzene rings is 5. The molecule has 15 heterocycles. The molecule has 5 fully saturated rings. The molecular weight excluding hydrogens is 1340 g/mol. The normalized spacial score (nSPS) is 19.9. The fourth-order valence-electron chi connectivity index (χ4n) is 18.1. The average Bonchev–Trinajstić information content (AvgIpc) is 1.61. The standard InChI is InChI=1S/C31H33N7.C29H30FN5O.C28H28N6/c1-22-8-12-35(13-9-22)18-24-10-14-36(19-24)30-7-6-28-27(34-30)21-37-20-26(25-4-2-23(17-32)3-5-25)16-29(37)31-33-11-15-38(28)31;30-24-5-3-20(4-6-24)21-14-27-29-31-9-12-35(29)26-8-7-25(13-22(26)17-34(27)16-21)33-18-23(28(36)19-33)15-32-10-1-2-11-32;1-19-15-32(18-27(19)31(2)3)24-8-9-25-23(12-24)17-33-16-22(21-6-4-20(14-29)5-7-21)13-26(33)28-30-10-11-34(25)28/h2-7,11,15-16,20,22,24H,8-10,12-14,18-19,21H2,1H3;3-9,12-14,16,23,28,36H,1-2,10-11,15,17-19H2;4-13,16,19,27H,15,17-18H2,1-3H3/t24-;23-,28-;19-,27+/m011/s1. The summed E-state index contributed by atoms with van der Waals surface area (Å²) < 4.78 is 26.8. The Labute approximate surface area is 630 Å². The lowest BCUT2D eigenvalue weighted by atomic mass is 9.98. The number of halogens is 1. The number of hydrogen-bond acceptors (Lipinski definition) is 13. The van der Waals surface area contributed by atoms with Crippen molar-refractivity contribution in [1.82, 2.24) is 62.0 Å². The molecule has 0 spiro atoms. The zero-order valence-electron chi connectivity index (χ0n) is 62.0. The van der Waals surface area contributed by atoms with Crippen LogP contribution >= 0.6 is 0 Å². The number of piperidine rings is 1. The summed E-state index contributed by atoms with van der Waals surface area (Å²) in [5.41, 5.74) is 20.5. The molecule has 108 heavy (non-hydrogen) atoms. The number of imidazole rings is 3. The van der Waals surface area contributed by atoms with Crippen LogP contribution < -0.4 is 14.7 Å². The van der Waals surface area contributed by atoms with Gasteiger partial charge >= 0.3 is 0 Å². The van der Waals surface area contributed by atoms with E-state index in [4.69, 9.17) is 25.5 Å². The van der Waals surface area contributed by atoms with Crippen molar-refractivity contribution in [2.45, 2.75) is 77.7 Å². The molecule has 0 amide bonds. The lowest BCUT2D eigenvalue weighted by molar-refractivity contribution is 0.123. The van der Waals surface area contributed by atoms with Gasteiger partial charge in [-0.2, -0.15) is 10.5 Å². The van der Waals surface area contributed by atoms with Crippen LogP contribution in [0.3, 0.4) is 0 Å². The highest BCUT2D eigenvalue weighted by molar-refractivity contribution is 5.76. The van der Waals surface area contributed by atoms with Gasteiger partial charge in [0.1, 0.15) is 11.6 Å². The summed E-state index contributed by atoms with van der Waals surface area (Å²) in [6.45, 7) is 19.8. The van der Waals surface area contributed by atoms with E-state index < -0.39 is 0 Å². The lowest BCUT2D eigenvalue weighted by Gasteiger charge is -2.32. The number of hydrogen-bond donors (Lipinski definition) is 1. The molecule has 5 saturated heterocycles. The van der Waals surface area contributed by atoms with Crippen LogP contribution in [0.15, 0.2) is 195 Å². The molecule has 5 aromatic carbocycles. The van der Waals surface area contributed by atoms with Crippen LogP contribution in [0.5, 0.6) is 0 Å². The van der Waals surface area contributed by atoms with Crippen LogP contribution in [0.4, 0.5) is 21.6 Å². The Hall–Kier alpha value is -11.1. The summed E-state index contributed by atoms with van der Waals surface area (Å²) in [5.74, 6) is 6.16. The molecule has 12 aromatic rings. The van der Waals surface area contributed by atoms with E-state index in [9.17, 15) is 9.50 Å². The number of aliphatic hydroxyl groups excluding tert-OH is 1. The van der Waals surface area contributed by atoms with E-state index in [2.05, 4.69) is 193 Å². The number of β-amino-alcohol motifs (C(OH)–C–C–N with tert-alkyl or cyclic N) is 1. The van der Waals surface area contributed by atoms with E-state index >= 15 is 0 Å². The molecule has 0 radical (unpaired) electrons. The van der Waals surface area contributed by atoms with E-state index in [1.807, 2.05) is 91.6 Å². The Kier molecular flexibility index (Phi) is 18.4. The Morgan fingerprint density at radius 3 is 1.50 bits per heavy atom. The van der Waals surface area contributed by atoms with Crippen molar-refractivity contribution in [3.8, 4) is 97.1 Å². The molecule has 0 unspecified atom stereocenters. The van der Waals surface area contributed by atoms with Gasteiger partial charge in [0.15, 0.2) is 17.5 Å². The highest BCUT2D eigenvalue weighted by atomic mass is 19.1. The fraction of sp³-hybridized carbons (Fsp3) is 0.341. The van der Waals surface area contributed by atoms with Gasteiger partial charge < -0.3 is 48.2 Å². The van der Waals surface area contributed by atoms with Crippen molar-refractivity contribution in [3.63, 3.8) is 0 Å². The predicted octanol–water partition coefficient (Wildman–Crippen LogP) is 14.2. The number of likely N-dealkylation sites (N-methyl/N-ethyl adjacent to an activating group) is 1. The maximum absolute atomic E-state index is 13.5. The van der Waals surface area contributed by atoms with Crippen molar-refractivity contribution in [3.05, 3.63) is 229 Å². The lowest BCUT2D eigenvalue weighted by Crippen LogP contribution is -2.37. The van der Waals surface area contributed by atoms with E-state index in [1.54, 1.807) is 0 Å². The molecule has 20 rings (SSSR count). The first-order valence-electron chi connectivity index (χ1n) is 38.6. The number of aromatic nitrogens is 10. The molecule has 546 valence electrons. The quantitative estimate of drug-likeness (QED) is 0.130. The molecule has 5 atom stereocenters. The molecule has 0 bridgehead atoms. The second kappa shape index (κ2) is 28.9. The first kappa shape index (κ1) is 68.7. The Morgan fingerprint density at radius 2 is 0.981 bits per heavy atom. The molecule has 0 aliphatic carbocycles. The fourth-order valence-corrected chi connectivity index (χ4v) is 18.1. The van der Waals surface area contributed by atoms with Gasteiger partial charge in [-0.15, -0.1) is 0 Å². The smallest absolute Gasteiger partial charge is 0.161 e. The second-order valence-electron chi connectivity index (χ2n) is 31.5. The number of nitrogens with zero attached hydrogens (tertiary/aromatic N) is 18. The van der Waals surface area contributed by atoms with Crippen molar-refractivity contribution in [2.75, 3.05) is 107 Å². The Balaban J connectivity index is 0.000000114. The van der Waals surface area contributed by atoms with E-state index in [0.717, 1.165) is 174 Å². The van der Waals surface area contributed by atoms with Gasteiger partial charge in [-0.1, -0.05) is 50.2 Å². The van der Waals surface area contributed by atoms with Gasteiger partial charge in [0.2, 0.25) is 0 Å². The summed E-state index contributed by atoms with van der Waals surface area (Å²) >= 11 is 0. The maximum atomic E-state index is 13.5. The predicted molar refractivity (Wildman–Crippen MR) is 423 cm³/mol. The number of nitriles is 2. The third-order valence-electron chi connectivity index (χ3n) is 24.1. The number of aliphatic hydroxyl groups is 1. The summed E-state index contributed by atoms with van der Waals surface area (Å²) in [4.78, 5) is 34.2.